The zero-order valence-corrected chi connectivity index (χ0v) is 8.34. The van der Waals surface area contributed by atoms with Gasteiger partial charge in [0.25, 0.3) is 0 Å². The van der Waals surface area contributed by atoms with E-state index in [1.165, 1.54) is 0 Å². The molecule has 74 valence electrons. The molecular formula is C9H21NO2. The fourth-order valence-corrected chi connectivity index (χ4v) is 1.10. The fourth-order valence-electron chi connectivity index (χ4n) is 1.10. The summed E-state index contributed by atoms with van der Waals surface area (Å²) in [6.07, 6.45) is 1.85. The summed E-state index contributed by atoms with van der Waals surface area (Å²) >= 11 is 0. The number of rotatable bonds is 6. The van der Waals surface area contributed by atoms with E-state index in [1.807, 2.05) is 13.8 Å². The quantitative estimate of drug-likeness (QED) is 0.630. The third kappa shape index (κ3) is 5.52. The summed E-state index contributed by atoms with van der Waals surface area (Å²) in [5.74, 6) is 0. The van der Waals surface area contributed by atoms with Crippen molar-refractivity contribution >= 4 is 0 Å². The van der Waals surface area contributed by atoms with Gasteiger partial charge in [-0.2, -0.15) is 0 Å². The number of hydrogen-bond acceptors (Lipinski definition) is 3. The monoisotopic (exact) mass is 175 g/mol. The Morgan fingerprint density at radius 1 is 1.58 bits per heavy atom. The highest BCUT2D eigenvalue weighted by Crippen LogP contribution is 2.10. The van der Waals surface area contributed by atoms with E-state index < -0.39 is 5.54 Å². The van der Waals surface area contributed by atoms with Crippen molar-refractivity contribution in [3.05, 3.63) is 0 Å². The Morgan fingerprint density at radius 3 is 2.58 bits per heavy atom. The Kier molecular flexibility index (Phi) is 5.46. The van der Waals surface area contributed by atoms with E-state index >= 15 is 0 Å². The van der Waals surface area contributed by atoms with Crippen LogP contribution in [0.25, 0.3) is 0 Å². The van der Waals surface area contributed by atoms with Gasteiger partial charge in [-0.05, 0) is 26.7 Å². The van der Waals surface area contributed by atoms with Gasteiger partial charge in [-0.15, -0.1) is 0 Å². The molecule has 0 rings (SSSR count). The van der Waals surface area contributed by atoms with Crippen molar-refractivity contribution in [2.45, 2.75) is 45.3 Å². The van der Waals surface area contributed by atoms with Crippen molar-refractivity contribution in [2.75, 3.05) is 13.2 Å². The van der Waals surface area contributed by atoms with Gasteiger partial charge < -0.3 is 15.6 Å². The van der Waals surface area contributed by atoms with Gasteiger partial charge in [0, 0.05) is 12.1 Å². The Balaban J connectivity index is 3.60. The minimum absolute atomic E-state index is 0.00677. The molecule has 0 fully saturated rings. The lowest BCUT2D eigenvalue weighted by atomic mass is 9.97. The smallest absolute Gasteiger partial charge is 0.0609 e. The zero-order chi connectivity index (χ0) is 9.61. The molecule has 2 atom stereocenters. The lowest BCUT2D eigenvalue weighted by Gasteiger charge is -2.25. The van der Waals surface area contributed by atoms with E-state index in [2.05, 4.69) is 6.92 Å². The fraction of sp³-hybridized carbons (Fsp3) is 1.00. The number of hydrogen-bond donors (Lipinski definition) is 2. The first-order valence-electron chi connectivity index (χ1n) is 4.53. The molecule has 0 aromatic heterocycles. The second-order valence-corrected chi connectivity index (χ2v) is 3.70. The molecule has 0 bridgehead atoms. The van der Waals surface area contributed by atoms with Gasteiger partial charge in [-0.3, -0.25) is 0 Å². The Bertz CT molecular complexity index is 115. The predicted molar refractivity (Wildman–Crippen MR) is 50.0 cm³/mol. The molecule has 12 heavy (non-hydrogen) atoms. The van der Waals surface area contributed by atoms with E-state index in [9.17, 15) is 0 Å². The average Bonchev–Trinajstić information content (AvgIpc) is 2.00. The van der Waals surface area contributed by atoms with Crippen LogP contribution in [0.3, 0.4) is 0 Å². The van der Waals surface area contributed by atoms with Gasteiger partial charge in [0.15, 0.2) is 0 Å². The summed E-state index contributed by atoms with van der Waals surface area (Å²) in [7, 11) is 0. The van der Waals surface area contributed by atoms with Crippen LogP contribution in [-0.2, 0) is 4.74 Å². The second kappa shape index (κ2) is 5.51. The standard InChI is InChI=1S/C9H21NO2/c1-4-5-12-8(2)6-9(3,10)7-11/h8,11H,4-7,10H2,1-3H3. The molecule has 3 nitrogen and oxygen atoms in total. The van der Waals surface area contributed by atoms with Gasteiger partial charge in [-0.25, -0.2) is 0 Å². The Hall–Kier alpha value is -0.120. The van der Waals surface area contributed by atoms with Crippen molar-refractivity contribution < 1.29 is 9.84 Å². The van der Waals surface area contributed by atoms with Crippen molar-refractivity contribution in [3.8, 4) is 0 Å². The molecule has 2 unspecified atom stereocenters. The molecule has 0 saturated carbocycles. The average molecular weight is 175 g/mol. The number of nitrogens with two attached hydrogens (primary N) is 1. The summed E-state index contributed by atoms with van der Waals surface area (Å²) in [5.41, 5.74) is 5.25. The van der Waals surface area contributed by atoms with E-state index in [4.69, 9.17) is 15.6 Å². The second-order valence-electron chi connectivity index (χ2n) is 3.70. The highest BCUT2D eigenvalue weighted by atomic mass is 16.5. The molecule has 0 amide bonds. The van der Waals surface area contributed by atoms with Gasteiger partial charge in [-0.1, -0.05) is 6.92 Å². The molecule has 0 spiro atoms. The Morgan fingerprint density at radius 2 is 2.17 bits per heavy atom. The molecule has 0 aliphatic rings. The number of aliphatic hydroxyl groups is 1. The maximum Gasteiger partial charge on any atom is 0.0609 e. The van der Waals surface area contributed by atoms with Crippen LogP contribution in [0.15, 0.2) is 0 Å². The molecule has 3 N–H and O–H groups in total. The van der Waals surface area contributed by atoms with Crippen LogP contribution >= 0.6 is 0 Å². The third-order valence-corrected chi connectivity index (χ3v) is 1.72. The highest BCUT2D eigenvalue weighted by molar-refractivity contribution is 4.79. The first-order valence-corrected chi connectivity index (χ1v) is 4.53. The normalized spacial score (nSPS) is 18.8. The zero-order valence-electron chi connectivity index (χ0n) is 8.34. The van der Waals surface area contributed by atoms with Crippen LogP contribution in [0.1, 0.15) is 33.6 Å². The largest absolute Gasteiger partial charge is 0.394 e. The Labute approximate surface area is 74.9 Å². The summed E-state index contributed by atoms with van der Waals surface area (Å²) in [6, 6.07) is 0. The lowest BCUT2D eigenvalue weighted by molar-refractivity contribution is 0.0369. The summed E-state index contributed by atoms with van der Waals surface area (Å²) in [5, 5.41) is 8.89. The molecule has 0 heterocycles. The maximum absolute atomic E-state index is 8.89. The molecule has 0 saturated heterocycles. The minimum atomic E-state index is -0.507. The maximum atomic E-state index is 8.89. The molecule has 0 aromatic rings. The van der Waals surface area contributed by atoms with Gasteiger partial charge in [0.1, 0.15) is 0 Å². The van der Waals surface area contributed by atoms with Crippen molar-refractivity contribution in [3.63, 3.8) is 0 Å². The number of ether oxygens (including phenoxy) is 1. The van der Waals surface area contributed by atoms with E-state index in [1.54, 1.807) is 0 Å². The predicted octanol–water partition coefficient (Wildman–Crippen LogP) is 0.901. The van der Waals surface area contributed by atoms with Crippen LogP contribution in [0.5, 0.6) is 0 Å². The van der Waals surface area contributed by atoms with Crippen molar-refractivity contribution in [1.82, 2.24) is 0 Å². The van der Waals surface area contributed by atoms with Gasteiger partial charge in [0.2, 0.25) is 0 Å². The summed E-state index contributed by atoms with van der Waals surface area (Å²) < 4.78 is 5.44. The first-order chi connectivity index (χ1) is 5.52. The van der Waals surface area contributed by atoms with Crippen LogP contribution in [0.2, 0.25) is 0 Å². The third-order valence-electron chi connectivity index (χ3n) is 1.72. The van der Waals surface area contributed by atoms with E-state index in [0.717, 1.165) is 13.0 Å². The highest BCUT2D eigenvalue weighted by Gasteiger charge is 2.20. The summed E-state index contributed by atoms with van der Waals surface area (Å²) in [6.45, 7) is 6.66. The van der Waals surface area contributed by atoms with E-state index in [-0.39, 0.29) is 12.7 Å². The number of aliphatic hydroxyl groups excluding tert-OH is 1. The molecule has 0 radical (unpaired) electrons. The topological polar surface area (TPSA) is 55.5 Å². The summed E-state index contributed by atoms with van der Waals surface area (Å²) in [4.78, 5) is 0. The van der Waals surface area contributed by atoms with Crippen LogP contribution in [0.4, 0.5) is 0 Å². The first kappa shape index (κ1) is 11.9. The lowest BCUT2D eigenvalue weighted by Crippen LogP contribution is -2.43. The van der Waals surface area contributed by atoms with Crippen molar-refractivity contribution in [1.29, 1.82) is 0 Å². The van der Waals surface area contributed by atoms with Crippen LogP contribution < -0.4 is 5.73 Å². The van der Waals surface area contributed by atoms with Gasteiger partial charge in [0.05, 0.1) is 12.7 Å². The minimum Gasteiger partial charge on any atom is -0.394 e. The van der Waals surface area contributed by atoms with E-state index in [0.29, 0.717) is 6.42 Å². The molecule has 0 aromatic carbocycles. The van der Waals surface area contributed by atoms with Crippen molar-refractivity contribution in [2.24, 2.45) is 5.73 Å². The molecule has 0 aliphatic heterocycles. The SMILES string of the molecule is CCCOC(C)CC(C)(N)CO. The van der Waals surface area contributed by atoms with Gasteiger partial charge >= 0.3 is 0 Å². The molecular weight excluding hydrogens is 154 g/mol. The van der Waals surface area contributed by atoms with Crippen LogP contribution in [0, 0.1) is 0 Å². The molecule has 3 heteroatoms. The van der Waals surface area contributed by atoms with Crippen LogP contribution in [-0.4, -0.2) is 30.0 Å². The molecule has 0 aliphatic carbocycles.